The second kappa shape index (κ2) is 8.22. The molecule has 0 amide bonds. The van der Waals surface area contributed by atoms with E-state index in [9.17, 15) is 25.2 Å². The lowest BCUT2D eigenvalue weighted by atomic mass is 9.92. The monoisotopic (exact) mass is 390 g/mol. The lowest BCUT2D eigenvalue weighted by molar-refractivity contribution is -0.143. The Labute approximate surface area is 167 Å². The number of carboxylic acids is 1. The number of unbranched alkanes of at least 4 members (excludes halogenated alkanes) is 3. The summed E-state index contributed by atoms with van der Waals surface area (Å²) in [6.45, 7) is 2.33. The van der Waals surface area contributed by atoms with Gasteiger partial charge in [-0.2, -0.15) is 0 Å². The Bertz CT molecular complexity index is 716. The van der Waals surface area contributed by atoms with Crippen LogP contribution in [0.25, 0.3) is 0 Å². The van der Waals surface area contributed by atoms with E-state index in [1.54, 1.807) is 6.07 Å². The van der Waals surface area contributed by atoms with E-state index in [0.29, 0.717) is 11.8 Å². The van der Waals surface area contributed by atoms with Crippen LogP contribution in [0.1, 0.15) is 88.7 Å². The minimum atomic E-state index is -0.670. The normalized spacial score (nSPS) is 18.8. The average Bonchev–Trinajstić information content (AvgIpc) is 3.57. The van der Waals surface area contributed by atoms with Crippen LogP contribution in [0.2, 0.25) is 0 Å². The number of phenols is 3. The number of rotatable bonds is 12. The maximum atomic E-state index is 11.2. The van der Waals surface area contributed by atoms with Crippen LogP contribution in [0.15, 0.2) is 6.07 Å². The molecular weight excluding hydrogens is 356 g/mol. The molecule has 1 aromatic rings. The number of hydrogen-bond acceptors (Lipinski definition) is 4. The Morgan fingerprint density at radius 1 is 0.893 bits per heavy atom. The molecule has 28 heavy (non-hydrogen) atoms. The van der Waals surface area contributed by atoms with Crippen molar-refractivity contribution in [2.45, 2.75) is 90.4 Å². The van der Waals surface area contributed by atoms with Crippen molar-refractivity contribution >= 4 is 5.97 Å². The summed E-state index contributed by atoms with van der Waals surface area (Å²) in [6, 6.07) is 1.59. The lowest BCUT2D eigenvalue weighted by Crippen LogP contribution is -2.14. The third kappa shape index (κ3) is 4.92. The molecule has 5 nitrogen and oxygen atoms in total. The first kappa shape index (κ1) is 20.8. The fourth-order valence-corrected chi connectivity index (χ4v) is 4.23. The molecule has 0 aromatic heterocycles. The summed E-state index contributed by atoms with van der Waals surface area (Å²) in [7, 11) is 0. The Morgan fingerprint density at radius 2 is 1.54 bits per heavy atom. The number of phenolic OH excluding ortho intramolecular Hbond substituents is 3. The van der Waals surface area contributed by atoms with E-state index < -0.39 is 17.1 Å². The first-order chi connectivity index (χ1) is 13.3. The highest BCUT2D eigenvalue weighted by atomic mass is 16.4. The number of aliphatic carboxylic acids is 1. The van der Waals surface area contributed by atoms with Crippen LogP contribution in [0, 0.1) is 10.8 Å². The van der Waals surface area contributed by atoms with Crippen molar-refractivity contribution in [3.8, 4) is 17.2 Å². The Balaban J connectivity index is 1.51. The van der Waals surface area contributed by atoms with Crippen molar-refractivity contribution < 1.29 is 25.2 Å². The smallest absolute Gasteiger partial charge is 0.309 e. The summed E-state index contributed by atoms with van der Waals surface area (Å²) in [5, 5.41) is 39.4. The van der Waals surface area contributed by atoms with E-state index in [-0.39, 0.29) is 11.5 Å². The highest BCUT2D eigenvalue weighted by molar-refractivity contribution is 5.77. The highest BCUT2D eigenvalue weighted by Gasteiger charge is 2.49. The van der Waals surface area contributed by atoms with E-state index in [4.69, 9.17) is 0 Å². The average molecular weight is 391 g/mol. The first-order valence-corrected chi connectivity index (χ1v) is 10.8. The van der Waals surface area contributed by atoms with Crippen molar-refractivity contribution in [2.75, 3.05) is 0 Å². The van der Waals surface area contributed by atoms with E-state index in [2.05, 4.69) is 6.92 Å². The molecule has 2 aliphatic carbocycles. The predicted octanol–water partition coefficient (Wildman–Crippen LogP) is 5.28. The number of aromatic hydroxyl groups is 3. The van der Waals surface area contributed by atoms with Crippen LogP contribution in [0.4, 0.5) is 0 Å². The largest absolute Gasteiger partial charge is 0.504 e. The summed E-state index contributed by atoms with van der Waals surface area (Å²) in [5.41, 5.74) is 1.71. The molecule has 0 atom stereocenters. The van der Waals surface area contributed by atoms with Gasteiger partial charge in [-0.05, 0) is 81.3 Å². The van der Waals surface area contributed by atoms with Gasteiger partial charge in [-0.25, -0.2) is 0 Å². The molecule has 1 aromatic carbocycles. The summed E-state index contributed by atoms with van der Waals surface area (Å²) < 4.78 is 0. The Morgan fingerprint density at radius 3 is 2.14 bits per heavy atom. The first-order valence-electron chi connectivity index (χ1n) is 10.8. The molecule has 0 spiro atoms. The van der Waals surface area contributed by atoms with Crippen LogP contribution in [0.3, 0.4) is 0 Å². The van der Waals surface area contributed by atoms with Gasteiger partial charge in [0.1, 0.15) is 0 Å². The van der Waals surface area contributed by atoms with Gasteiger partial charge in [0.2, 0.25) is 5.75 Å². The molecule has 0 saturated heterocycles. The second-order valence-electron chi connectivity index (χ2n) is 9.39. The molecule has 2 fully saturated rings. The van der Waals surface area contributed by atoms with Crippen molar-refractivity contribution in [1.29, 1.82) is 0 Å². The molecule has 3 rings (SSSR count). The van der Waals surface area contributed by atoms with E-state index >= 15 is 0 Å². The van der Waals surface area contributed by atoms with Crippen molar-refractivity contribution in [3.63, 3.8) is 0 Å². The van der Waals surface area contributed by atoms with Crippen molar-refractivity contribution in [2.24, 2.45) is 10.8 Å². The minimum absolute atomic E-state index is 0.201. The number of carbonyl (C=O) groups is 1. The van der Waals surface area contributed by atoms with Gasteiger partial charge in [-0.15, -0.1) is 0 Å². The molecule has 2 saturated carbocycles. The molecule has 0 radical (unpaired) electrons. The highest BCUT2D eigenvalue weighted by Crippen LogP contribution is 2.50. The zero-order valence-electron chi connectivity index (χ0n) is 17.0. The van der Waals surface area contributed by atoms with E-state index in [0.717, 1.165) is 68.9 Å². The number of hydrogen-bond donors (Lipinski definition) is 4. The van der Waals surface area contributed by atoms with E-state index in [1.807, 2.05) is 0 Å². The van der Waals surface area contributed by atoms with Gasteiger partial charge in [-0.3, -0.25) is 4.79 Å². The van der Waals surface area contributed by atoms with Gasteiger partial charge in [0, 0.05) is 5.56 Å². The topological polar surface area (TPSA) is 98.0 Å². The predicted molar refractivity (Wildman–Crippen MR) is 108 cm³/mol. The van der Waals surface area contributed by atoms with Crippen LogP contribution >= 0.6 is 0 Å². The van der Waals surface area contributed by atoms with Crippen molar-refractivity contribution in [1.82, 2.24) is 0 Å². The molecule has 0 bridgehead atoms. The maximum absolute atomic E-state index is 11.2. The third-order valence-corrected chi connectivity index (χ3v) is 6.92. The van der Waals surface area contributed by atoms with Gasteiger partial charge in [-0.1, -0.05) is 26.2 Å². The van der Waals surface area contributed by atoms with Gasteiger partial charge >= 0.3 is 5.97 Å². The molecule has 156 valence electrons. The quantitative estimate of drug-likeness (QED) is 0.287. The summed E-state index contributed by atoms with van der Waals surface area (Å²) in [6.07, 6.45) is 12.3. The third-order valence-electron chi connectivity index (χ3n) is 6.92. The molecule has 0 heterocycles. The maximum Gasteiger partial charge on any atom is 0.309 e. The zero-order chi connectivity index (χ0) is 20.4. The van der Waals surface area contributed by atoms with Crippen LogP contribution in [-0.2, 0) is 17.6 Å². The van der Waals surface area contributed by atoms with Crippen molar-refractivity contribution in [3.05, 3.63) is 17.2 Å². The SMILES string of the molecule is CC1(CCCCc2cc(O)c(O)c(O)c2CCCCCC2(C(=O)O)CC2)CC1. The van der Waals surface area contributed by atoms with Gasteiger partial charge in [0.05, 0.1) is 5.41 Å². The van der Waals surface area contributed by atoms with Crippen LogP contribution in [0.5, 0.6) is 17.2 Å². The number of carboxylic acid groups (broad SMARTS) is 1. The van der Waals surface area contributed by atoms with Crippen LogP contribution in [-0.4, -0.2) is 26.4 Å². The molecule has 5 heteroatoms. The van der Waals surface area contributed by atoms with Gasteiger partial charge in [0.15, 0.2) is 11.5 Å². The zero-order valence-corrected chi connectivity index (χ0v) is 17.0. The van der Waals surface area contributed by atoms with Crippen LogP contribution < -0.4 is 0 Å². The van der Waals surface area contributed by atoms with Gasteiger partial charge in [0.25, 0.3) is 0 Å². The standard InChI is InChI=1S/C23H34O5/c1-22(11-12-22)9-6-4-7-16-15-18(24)20(26)19(25)17(16)8-3-2-5-10-23(13-14-23)21(27)28/h15,24-26H,2-14H2,1H3,(H,27,28). The Hall–Kier alpha value is -1.91. The Kier molecular flexibility index (Phi) is 6.11. The van der Waals surface area contributed by atoms with E-state index in [1.165, 1.54) is 19.3 Å². The summed E-state index contributed by atoms with van der Waals surface area (Å²) in [4.78, 5) is 11.2. The fourth-order valence-electron chi connectivity index (χ4n) is 4.23. The number of aryl methyl sites for hydroxylation is 1. The summed E-state index contributed by atoms with van der Waals surface area (Å²) >= 11 is 0. The molecule has 0 unspecified atom stereocenters. The minimum Gasteiger partial charge on any atom is -0.504 e. The fraction of sp³-hybridized carbons (Fsp3) is 0.696. The van der Waals surface area contributed by atoms with Gasteiger partial charge < -0.3 is 20.4 Å². The number of benzene rings is 1. The second-order valence-corrected chi connectivity index (χ2v) is 9.39. The lowest BCUT2D eigenvalue weighted by Gasteiger charge is -2.15. The molecule has 2 aliphatic rings. The molecule has 4 N–H and O–H groups in total. The summed E-state index contributed by atoms with van der Waals surface area (Å²) in [5.74, 6) is -1.57. The molecule has 0 aliphatic heterocycles. The molecular formula is C23H34O5.